The van der Waals surface area contributed by atoms with E-state index in [4.69, 9.17) is 0 Å². The summed E-state index contributed by atoms with van der Waals surface area (Å²) in [5.41, 5.74) is 1.88. The molecule has 3 heterocycles. The fourth-order valence-corrected chi connectivity index (χ4v) is 3.51. The number of aryl methyl sites for hydroxylation is 1. The average Bonchev–Trinajstić information content (AvgIpc) is 3.08. The van der Waals surface area contributed by atoms with Crippen LogP contribution in [0, 0.1) is 0 Å². The maximum absolute atomic E-state index is 13.1. The van der Waals surface area contributed by atoms with Crippen LogP contribution in [0.1, 0.15) is 17.4 Å². The Labute approximate surface area is 146 Å². The van der Waals surface area contributed by atoms with Crippen LogP contribution >= 0.6 is 0 Å². The van der Waals surface area contributed by atoms with Gasteiger partial charge >= 0.3 is 0 Å². The molecule has 2 aromatic heterocycles. The number of hydrogen-bond donors (Lipinski definition) is 1. The molecule has 1 amide bonds. The highest BCUT2D eigenvalue weighted by Gasteiger charge is 2.30. The summed E-state index contributed by atoms with van der Waals surface area (Å²) in [6, 6.07) is 9.91. The number of carbonyl (C=O) groups is 1. The second-order valence-corrected chi connectivity index (χ2v) is 6.37. The van der Waals surface area contributed by atoms with E-state index in [-0.39, 0.29) is 11.9 Å². The Hall–Kier alpha value is -2.73. The fraction of sp³-hybridized carbons (Fsp3) is 0.316. The van der Waals surface area contributed by atoms with E-state index in [0.29, 0.717) is 13.0 Å². The Kier molecular flexibility index (Phi) is 4.19. The van der Waals surface area contributed by atoms with Crippen LogP contribution in [0.3, 0.4) is 0 Å². The van der Waals surface area contributed by atoms with Crippen molar-refractivity contribution in [1.82, 2.24) is 24.8 Å². The van der Waals surface area contributed by atoms with Gasteiger partial charge in [0, 0.05) is 50.7 Å². The van der Waals surface area contributed by atoms with Crippen LogP contribution in [-0.4, -0.2) is 45.0 Å². The number of fused-ring (bicyclic) bond motifs is 1. The molecular weight excluding hydrogens is 314 g/mol. The molecule has 0 spiro atoms. The molecule has 1 saturated heterocycles. The van der Waals surface area contributed by atoms with Gasteiger partial charge in [-0.25, -0.2) is 4.98 Å². The van der Waals surface area contributed by atoms with Gasteiger partial charge in [0.2, 0.25) is 5.91 Å². The quantitative estimate of drug-likeness (QED) is 0.791. The van der Waals surface area contributed by atoms with Gasteiger partial charge in [-0.1, -0.05) is 24.3 Å². The number of imidazole rings is 1. The molecule has 0 aliphatic carbocycles. The monoisotopic (exact) mass is 335 g/mol. The Morgan fingerprint density at radius 3 is 2.96 bits per heavy atom. The predicted octanol–water partition coefficient (Wildman–Crippen LogP) is 1.68. The number of rotatable bonds is 3. The summed E-state index contributed by atoms with van der Waals surface area (Å²) in [5, 5.41) is 4.43. The molecule has 1 N–H and O–H groups in total. The fourth-order valence-electron chi connectivity index (χ4n) is 3.51. The first-order chi connectivity index (χ1) is 12.2. The first-order valence-electron chi connectivity index (χ1n) is 8.54. The number of para-hydroxylation sites is 1. The van der Waals surface area contributed by atoms with Gasteiger partial charge in [-0.3, -0.25) is 9.78 Å². The summed E-state index contributed by atoms with van der Waals surface area (Å²) < 4.78 is 1.98. The summed E-state index contributed by atoms with van der Waals surface area (Å²) in [7, 11) is 1.97. The van der Waals surface area contributed by atoms with Gasteiger partial charge in [-0.2, -0.15) is 0 Å². The number of hydrogen-bond acceptors (Lipinski definition) is 4. The van der Waals surface area contributed by atoms with E-state index in [9.17, 15) is 4.79 Å². The zero-order valence-corrected chi connectivity index (χ0v) is 14.2. The molecule has 1 aliphatic heterocycles. The SMILES string of the molecule is Cn1ccnc1C1CNCCN1C(=O)Cc1cccc2cccnc12. The van der Waals surface area contributed by atoms with Crippen molar-refractivity contribution in [3.63, 3.8) is 0 Å². The number of carbonyl (C=O) groups excluding carboxylic acids is 1. The van der Waals surface area contributed by atoms with Crippen molar-refractivity contribution in [3.05, 3.63) is 60.3 Å². The maximum atomic E-state index is 13.1. The van der Waals surface area contributed by atoms with E-state index >= 15 is 0 Å². The van der Waals surface area contributed by atoms with Crippen molar-refractivity contribution in [2.75, 3.05) is 19.6 Å². The number of pyridine rings is 1. The van der Waals surface area contributed by atoms with Crippen molar-refractivity contribution in [3.8, 4) is 0 Å². The van der Waals surface area contributed by atoms with Crippen molar-refractivity contribution in [2.24, 2.45) is 7.05 Å². The van der Waals surface area contributed by atoms with Crippen molar-refractivity contribution >= 4 is 16.8 Å². The third-order valence-electron chi connectivity index (χ3n) is 4.78. The minimum absolute atomic E-state index is 0.0378. The van der Waals surface area contributed by atoms with Crippen LogP contribution in [0.25, 0.3) is 10.9 Å². The van der Waals surface area contributed by atoms with Gasteiger partial charge in [-0.05, 0) is 11.6 Å². The van der Waals surface area contributed by atoms with Gasteiger partial charge in [0.15, 0.2) is 0 Å². The van der Waals surface area contributed by atoms with E-state index in [1.165, 1.54) is 0 Å². The van der Waals surface area contributed by atoms with Gasteiger partial charge in [0.25, 0.3) is 0 Å². The molecule has 0 bridgehead atoms. The lowest BCUT2D eigenvalue weighted by molar-refractivity contribution is -0.134. The minimum Gasteiger partial charge on any atom is -0.336 e. The molecule has 0 radical (unpaired) electrons. The number of benzene rings is 1. The second kappa shape index (κ2) is 6.64. The van der Waals surface area contributed by atoms with Crippen LogP contribution in [-0.2, 0) is 18.3 Å². The molecule has 4 rings (SSSR count). The number of nitrogens with zero attached hydrogens (tertiary/aromatic N) is 4. The van der Waals surface area contributed by atoms with Crippen LogP contribution < -0.4 is 5.32 Å². The molecule has 1 fully saturated rings. The summed E-state index contributed by atoms with van der Waals surface area (Å²) in [6.45, 7) is 2.22. The first-order valence-corrected chi connectivity index (χ1v) is 8.54. The standard InChI is InChI=1S/C19H21N5O/c1-23-10-9-22-19(23)16-13-20-8-11-24(16)17(25)12-15-5-2-4-14-6-3-7-21-18(14)15/h2-7,9-10,16,20H,8,11-13H2,1H3. The number of amides is 1. The molecule has 1 aliphatic rings. The molecule has 1 aromatic carbocycles. The third-order valence-corrected chi connectivity index (χ3v) is 4.78. The second-order valence-electron chi connectivity index (χ2n) is 6.37. The lowest BCUT2D eigenvalue weighted by Gasteiger charge is -2.36. The molecule has 128 valence electrons. The van der Waals surface area contributed by atoms with Crippen molar-refractivity contribution in [2.45, 2.75) is 12.5 Å². The number of nitrogens with one attached hydrogen (secondary N) is 1. The smallest absolute Gasteiger partial charge is 0.227 e. The first kappa shape index (κ1) is 15.8. The lowest BCUT2D eigenvalue weighted by atomic mass is 10.0. The largest absolute Gasteiger partial charge is 0.336 e. The van der Waals surface area contributed by atoms with Gasteiger partial charge < -0.3 is 14.8 Å². The van der Waals surface area contributed by atoms with Crippen LogP contribution in [0.15, 0.2) is 48.9 Å². The number of aromatic nitrogens is 3. The summed E-state index contributed by atoms with van der Waals surface area (Å²) in [4.78, 5) is 23.9. The van der Waals surface area contributed by atoms with E-state index in [0.717, 1.165) is 35.4 Å². The van der Waals surface area contributed by atoms with Crippen molar-refractivity contribution < 1.29 is 4.79 Å². The van der Waals surface area contributed by atoms with Gasteiger partial charge in [0.1, 0.15) is 11.9 Å². The Balaban J connectivity index is 1.61. The van der Waals surface area contributed by atoms with Crippen molar-refractivity contribution in [1.29, 1.82) is 0 Å². The molecule has 3 aromatic rings. The topological polar surface area (TPSA) is 63.1 Å². The van der Waals surface area contributed by atoms with Crippen LogP contribution in [0.2, 0.25) is 0 Å². The highest BCUT2D eigenvalue weighted by molar-refractivity contribution is 5.87. The third kappa shape index (κ3) is 3.00. The maximum Gasteiger partial charge on any atom is 0.227 e. The van der Waals surface area contributed by atoms with Crippen LogP contribution in [0.5, 0.6) is 0 Å². The Bertz CT molecular complexity index is 898. The molecule has 6 nitrogen and oxygen atoms in total. The summed E-state index contributed by atoms with van der Waals surface area (Å²) in [6.07, 6.45) is 5.83. The van der Waals surface area contributed by atoms with E-state index in [2.05, 4.69) is 15.3 Å². The van der Waals surface area contributed by atoms with Crippen LogP contribution in [0.4, 0.5) is 0 Å². The lowest BCUT2D eigenvalue weighted by Crippen LogP contribution is -2.49. The normalized spacial score (nSPS) is 17.8. The molecular formula is C19H21N5O. The molecule has 0 saturated carbocycles. The molecule has 6 heteroatoms. The highest BCUT2D eigenvalue weighted by Crippen LogP contribution is 2.23. The van der Waals surface area contributed by atoms with E-state index in [1.807, 2.05) is 53.0 Å². The zero-order valence-electron chi connectivity index (χ0n) is 14.2. The van der Waals surface area contributed by atoms with E-state index in [1.54, 1.807) is 12.4 Å². The predicted molar refractivity (Wildman–Crippen MR) is 96.0 cm³/mol. The highest BCUT2D eigenvalue weighted by atomic mass is 16.2. The number of piperazine rings is 1. The Morgan fingerprint density at radius 2 is 2.12 bits per heavy atom. The summed E-state index contributed by atoms with van der Waals surface area (Å²) in [5.74, 6) is 1.03. The Morgan fingerprint density at radius 1 is 1.24 bits per heavy atom. The average molecular weight is 335 g/mol. The van der Waals surface area contributed by atoms with Gasteiger partial charge in [-0.15, -0.1) is 0 Å². The minimum atomic E-state index is -0.0378. The molecule has 25 heavy (non-hydrogen) atoms. The molecule has 1 atom stereocenters. The summed E-state index contributed by atoms with van der Waals surface area (Å²) >= 11 is 0. The van der Waals surface area contributed by atoms with E-state index < -0.39 is 0 Å². The molecule has 1 unspecified atom stereocenters. The van der Waals surface area contributed by atoms with Gasteiger partial charge in [0.05, 0.1) is 11.9 Å². The zero-order chi connectivity index (χ0) is 17.2.